The lowest BCUT2D eigenvalue weighted by Gasteiger charge is -2.18. The molecule has 96 valence electrons. The summed E-state index contributed by atoms with van der Waals surface area (Å²) in [6.45, 7) is 1.79. The van der Waals surface area contributed by atoms with E-state index < -0.39 is 17.3 Å². The van der Waals surface area contributed by atoms with Gasteiger partial charge in [0.15, 0.2) is 0 Å². The highest BCUT2D eigenvalue weighted by molar-refractivity contribution is 6.31. The van der Waals surface area contributed by atoms with Crippen LogP contribution in [0.15, 0.2) is 24.3 Å². The number of carbonyl (C=O) groups excluding carboxylic acids is 1. The molecule has 0 saturated heterocycles. The number of carboxylic acid groups (broad SMARTS) is 1. The highest BCUT2D eigenvalue weighted by atomic mass is 35.5. The molecule has 4 nitrogen and oxygen atoms in total. The third kappa shape index (κ3) is 2.20. The third-order valence-corrected chi connectivity index (χ3v) is 3.66. The monoisotopic (exact) mass is 267 g/mol. The zero-order chi connectivity index (χ0) is 13.3. The largest absolute Gasteiger partial charge is 0.480 e. The number of hydrogen-bond acceptors (Lipinski definition) is 2. The van der Waals surface area contributed by atoms with Crippen LogP contribution in [0.2, 0.25) is 5.02 Å². The number of nitrogens with one attached hydrogen (secondary N) is 1. The number of amides is 1. The number of carbonyl (C=O) groups is 2. The number of hydrogen-bond donors (Lipinski definition) is 2. The minimum absolute atomic E-state index is 0.303. The van der Waals surface area contributed by atoms with E-state index in [1.165, 1.54) is 0 Å². The van der Waals surface area contributed by atoms with Crippen LogP contribution in [0.4, 0.5) is 0 Å². The van der Waals surface area contributed by atoms with Crippen LogP contribution in [-0.4, -0.2) is 17.0 Å². The van der Waals surface area contributed by atoms with Crippen molar-refractivity contribution in [2.24, 2.45) is 5.41 Å². The van der Waals surface area contributed by atoms with Crippen LogP contribution < -0.4 is 5.32 Å². The second-order valence-corrected chi connectivity index (χ2v) is 5.01. The van der Waals surface area contributed by atoms with Gasteiger partial charge in [-0.2, -0.15) is 0 Å². The van der Waals surface area contributed by atoms with Gasteiger partial charge >= 0.3 is 5.97 Å². The van der Waals surface area contributed by atoms with E-state index in [0.29, 0.717) is 17.9 Å². The van der Waals surface area contributed by atoms with E-state index in [4.69, 9.17) is 16.7 Å². The van der Waals surface area contributed by atoms with Crippen molar-refractivity contribution < 1.29 is 14.7 Å². The van der Waals surface area contributed by atoms with E-state index in [-0.39, 0.29) is 6.04 Å². The summed E-state index contributed by atoms with van der Waals surface area (Å²) in [7, 11) is 0. The number of carboxylic acids is 1. The summed E-state index contributed by atoms with van der Waals surface area (Å²) in [5.74, 6) is -1.48. The molecule has 1 aliphatic carbocycles. The Bertz CT molecular complexity index is 497. The Hall–Kier alpha value is -1.55. The van der Waals surface area contributed by atoms with Gasteiger partial charge in [-0.3, -0.25) is 9.59 Å². The molecule has 0 spiro atoms. The first kappa shape index (κ1) is 12.9. The van der Waals surface area contributed by atoms with Crippen molar-refractivity contribution in [3.8, 4) is 0 Å². The normalized spacial score (nSPS) is 17.9. The Morgan fingerprint density at radius 1 is 1.39 bits per heavy atom. The van der Waals surface area contributed by atoms with Gasteiger partial charge in [0.1, 0.15) is 5.41 Å². The van der Waals surface area contributed by atoms with Crippen LogP contribution in [0.1, 0.15) is 31.4 Å². The zero-order valence-electron chi connectivity index (χ0n) is 9.94. The summed E-state index contributed by atoms with van der Waals surface area (Å²) in [5, 5.41) is 12.3. The van der Waals surface area contributed by atoms with Crippen LogP contribution in [0.3, 0.4) is 0 Å². The first-order valence-corrected chi connectivity index (χ1v) is 6.14. The fourth-order valence-electron chi connectivity index (χ4n) is 1.90. The molecule has 1 aliphatic rings. The standard InChI is InChI=1S/C13H14ClNO3/c1-8(9-4-2-3-5-10(9)14)15-11(16)13(6-7-13)12(17)18/h2-5,8H,6-7H2,1H3,(H,15,16)(H,17,18)/t8-/m0/s1. The molecule has 1 saturated carbocycles. The van der Waals surface area contributed by atoms with E-state index in [0.717, 1.165) is 5.56 Å². The third-order valence-electron chi connectivity index (χ3n) is 3.31. The first-order valence-electron chi connectivity index (χ1n) is 5.76. The maximum Gasteiger partial charge on any atom is 0.319 e. The van der Waals surface area contributed by atoms with Crippen molar-refractivity contribution in [1.82, 2.24) is 5.32 Å². The fourth-order valence-corrected chi connectivity index (χ4v) is 2.20. The van der Waals surface area contributed by atoms with Crippen LogP contribution in [0, 0.1) is 5.41 Å². The Labute approximate surface area is 110 Å². The first-order chi connectivity index (χ1) is 8.47. The highest BCUT2D eigenvalue weighted by Crippen LogP contribution is 2.46. The maximum atomic E-state index is 11.9. The van der Waals surface area contributed by atoms with E-state index in [1.54, 1.807) is 19.1 Å². The lowest BCUT2D eigenvalue weighted by molar-refractivity contribution is -0.149. The van der Waals surface area contributed by atoms with Crippen molar-refractivity contribution in [3.05, 3.63) is 34.9 Å². The second-order valence-electron chi connectivity index (χ2n) is 4.60. The predicted octanol–water partition coefficient (Wildman–Crippen LogP) is 2.38. The number of rotatable bonds is 4. The van der Waals surface area contributed by atoms with E-state index >= 15 is 0 Å². The summed E-state index contributed by atoms with van der Waals surface area (Å²) < 4.78 is 0. The quantitative estimate of drug-likeness (QED) is 0.823. The van der Waals surface area contributed by atoms with Gasteiger partial charge in [0.05, 0.1) is 6.04 Å². The summed E-state index contributed by atoms with van der Waals surface area (Å²) in [6.07, 6.45) is 0.812. The lowest BCUT2D eigenvalue weighted by atomic mass is 10.0. The Balaban J connectivity index is 2.09. The molecule has 0 heterocycles. The summed E-state index contributed by atoms with van der Waals surface area (Å²) in [6, 6.07) is 6.88. The number of benzene rings is 1. The highest BCUT2D eigenvalue weighted by Gasteiger charge is 2.57. The molecule has 1 aromatic rings. The molecule has 1 aromatic carbocycles. The fraction of sp³-hybridized carbons (Fsp3) is 0.385. The Kier molecular flexibility index (Phi) is 3.30. The summed E-state index contributed by atoms with van der Waals surface area (Å²) in [4.78, 5) is 23.0. The van der Waals surface area contributed by atoms with Gasteiger partial charge in [-0.1, -0.05) is 29.8 Å². The molecule has 0 aliphatic heterocycles. The number of aliphatic carboxylic acids is 1. The average Bonchev–Trinajstić information content (AvgIpc) is 3.10. The minimum Gasteiger partial charge on any atom is -0.480 e. The summed E-state index contributed by atoms with van der Waals surface area (Å²) in [5.41, 5.74) is -0.427. The Morgan fingerprint density at radius 3 is 2.50 bits per heavy atom. The molecule has 1 atom stereocenters. The SMILES string of the molecule is C[C@H](NC(=O)C1(C(=O)O)CC1)c1ccccc1Cl. The molecule has 5 heteroatoms. The molecule has 2 rings (SSSR count). The molecule has 1 amide bonds. The molecular weight excluding hydrogens is 254 g/mol. The molecule has 0 radical (unpaired) electrons. The van der Waals surface area contributed by atoms with E-state index in [2.05, 4.69) is 5.32 Å². The van der Waals surface area contributed by atoms with E-state index in [9.17, 15) is 9.59 Å². The molecule has 2 N–H and O–H groups in total. The average molecular weight is 268 g/mol. The van der Waals surface area contributed by atoms with Crippen LogP contribution in [0.5, 0.6) is 0 Å². The van der Waals surface area contributed by atoms with Gasteiger partial charge < -0.3 is 10.4 Å². The number of halogens is 1. The minimum atomic E-state index is -1.21. The van der Waals surface area contributed by atoms with Crippen molar-refractivity contribution in [1.29, 1.82) is 0 Å². The van der Waals surface area contributed by atoms with Crippen molar-refractivity contribution in [2.75, 3.05) is 0 Å². The van der Waals surface area contributed by atoms with Crippen molar-refractivity contribution in [2.45, 2.75) is 25.8 Å². The topological polar surface area (TPSA) is 66.4 Å². The molecule has 0 bridgehead atoms. The van der Waals surface area contributed by atoms with E-state index in [1.807, 2.05) is 12.1 Å². The molecular formula is C13H14ClNO3. The Morgan fingerprint density at radius 2 is 2.00 bits per heavy atom. The van der Waals surface area contributed by atoms with Gasteiger partial charge in [-0.15, -0.1) is 0 Å². The van der Waals surface area contributed by atoms with Crippen molar-refractivity contribution >= 4 is 23.5 Å². The van der Waals surface area contributed by atoms with Gasteiger partial charge in [0, 0.05) is 5.02 Å². The van der Waals surface area contributed by atoms with Gasteiger partial charge in [-0.25, -0.2) is 0 Å². The zero-order valence-corrected chi connectivity index (χ0v) is 10.7. The van der Waals surface area contributed by atoms with Crippen LogP contribution >= 0.6 is 11.6 Å². The van der Waals surface area contributed by atoms with Crippen molar-refractivity contribution in [3.63, 3.8) is 0 Å². The molecule has 18 heavy (non-hydrogen) atoms. The van der Waals surface area contributed by atoms with Crippen LogP contribution in [0.25, 0.3) is 0 Å². The maximum absolute atomic E-state index is 11.9. The molecule has 0 aromatic heterocycles. The van der Waals surface area contributed by atoms with Crippen LogP contribution in [-0.2, 0) is 9.59 Å². The van der Waals surface area contributed by atoms with Gasteiger partial charge in [0.25, 0.3) is 0 Å². The lowest BCUT2D eigenvalue weighted by Crippen LogP contribution is -2.38. The second kappa shape index (κ2) is 4.61. The van der Waals surface area contributed by atoms with Gasteiger partial charge in [-0.05, 0) is 31.4 Å². The molecule has 0 unspecified atom stereocenters. The predicted molar refractivity (Wildman–Crippen MR) is 67.3 cm³/mol. The molecule has 1 fully saturated rings. The smallest absolute Gasteiger partial charge is 0.319 e. The van der Waals surface area contributed by atoms with Gasteiger partial charge in [0.2, 0.25) is 5.91 Å². The summed E-state index contributed by atoms with van der Waals surface area (Å²) >= 11 is 6.03.